The van der Waals surface area contributed by atoms with E-state index in [-0.39, 0.29) is 11.4 Å². The number of carbonyl (C=O) groups is 1. The van der Waals surface area contributed by atoms with E-state index in [2.05, 4.69) is 42.8 Å². The molecule has 0 unspecified atom stereocenters. The molecule has 0 aromatic carbocycles. The van der Waals surface area contributed by atoms with Gasteiger partial charge in [0.2, 0.25) is 5.91 Å². The minimum Gasteiger partial charge on any atom is -0.356 e. The Hall–Kier alpha value is -0.920. The molecule has 2 aliphatic heterocycles. The highest BCUT2D eigenvalue weighted by Crippen LogP contribution is 2.32. The van der Waals surface area contributed by atoms with Crippen molar-refractivity contribution >= 4 is 34.3 Å². The van der Waals surface area contributed by atoms with Crippen LogP contribution in [-0.4, -0.2) is 34.5 Å². The van der Waals surface area contributed by atoms with Gasteiger partial charge in [0, 0.05) is 31.1 Å². The standard InChI is InChI=1S/C13H17IN4O/c1-9-15-10(14)8-11(16-9)18-6-4-13(5-7-18)3-2-12(19)17-13/h8H,2-7H2,1H3,(H,17,19). The maximum atomic E-state index is 11.4. The van der Waals surface area contributed by atoms with Crippen LogP contribution in [0.2, 0.25) is 0 Å². The molecule has 1 aromatic rings. The zero-order chi connectivity index (χ0) is 13.5. The van der Waals surface area contributed by atoms with Gasteiger partial charge in [-0.3, -0.25) is 4.79 Å². The van der Waals surface area contributed by atoms with Gasteiger partial charge in [-0.25, -0.2) is 9.97 Å². The summed E-state index contributed by atoms with van der Waals surface area (Å²) in [6.45, 7) is 3.83. The predicted octanol–water partition coefficient (Wildman–Crippen LogP) is 1.64. The molecule has 1 N–H and O–H groups in total. The van der Waals surface area contributed by atoms with Crippen LogP contribution in [0.15, 0.2) is 6.07 Å². The molecule has 0 saturated carbocycles. The van der Waals surface area contributed by atoms with Crippen molar-refractivity contribution in [1.29, 1.82) is 0 Å². The van der Waals surface area contributed by atoms with Crippen molar-refractivity contribution in [2.24, 2.45) is 0 Å². The molecule has 0 radical (unpaired) electrons. The summed E-state index contributed by atoms with van der Waals surface area (Å²) >= 11 is 2.23. The molecule has 6 heteroatoms. The molecule has 5 nitrogen and oxygen atoms in total. The van der Waals surface area contributed by atoms with E-state index < -0.39 is 0 Å². The van der Waals surface area contributed by atoms with Crippen molar-refractivity contribution in [2.75, 3.05) is 18.0 Å². The Kier molecular flexibility index (Phi) is 3.36. The summed E-state index contributed by atoms with van der Waals surface area (Å²) in [4.78, 5) is 22.5. The second-order valence-corrected chi connectivity index (χ2v) is 6.52. The zero-order valence-corrected chi connectivity index (χ0v) is 13.1. The summed E-state index contributed by atoms with van der Waals surface area (Å²) in [5.74, 6) is 2.04. The molecule has 2 aliphatic rings. The number of rotatable bonds is 1. The molecule has 0 bridgehead atoms. The van der Waals surface area contributed by atoms with Gasteiger partial charge in [-0.05, 0) is 48.8 Å². The Bertz CT molecular complexity index is 491. The van der Waals surface area contributed by atoms with Crippen LogP contribution in [-0.2, 0) is 4.79 Å². The lowest BCUT2D eigenvalue weighted by Crippen LogP contribution is -2.51. The number of anilines is 1. The monoisotopic (exact) mass is 372 g/mol. The van der Waals surface area contributed by atoms with Gasteiger partial charge in [-0.1, -0.05) is 0 Å². The van der Waals surface area contributed by atoms with Crippen molar-refractivity contribution in [1.82, 2.24) is 15.3 Å². The third-order valence-electron chi connectivity index (χ3n) is 4.07. The lowest BCUT2D eigenvalue weighted by Gasteiger charge is -2.39. The molecule has 19 heavy (non-hydrogen) atoms. The van der Waals surface area contributed by atoms with Gasteiger partial charge >= 0.3 is 0 Å². The number of piperidine rings is 1. The first-order chi connectivity index (χ1) is 9.06. The van der Waals surface area contributed by atoms with Crippen LogP contribution < -0.4 is 10.2 Å². The van der Waals surface area contributed by atoms with E-state index in [1.165, 1.54) is 0 Å². The molecule has 1 aromatic heterocycles. The number of nitrogens with zero attached hydrogens (tertiary/aromatic N) is 3. The lowest BCUT2D eigenvalue weighted by molar-refractivity contribution is -0.119. The lowest BCUT2D eigenvalue weighted by atomic mass is 9.86. The molecule has 0 aliphatic carbocycles. The maximum absolute atomic E-state index is 11.4. The number of hydrogen-bond donors (Lipinski definition) is 1. The summed E-state index contributed by atoms with van der Waals surface area (Å²) in [6, 6.07) is 2.03. The van der Waals surface area contributed by atoms with Crippen LogP contribution in [0.3, 0.4) is 0 Å². The first-order valence-electron chi connectivity index (χ1n) is 6.64. The largest absolute Gasteiger partial charge is 0.356 e. The van der Waals surface area contributed by atoms with Gasteiger partial charge in [0.1, 0.15) is 15.3 Å². The van der Waals surface area contributed by atoms with Crippen molar-refractivity contribution in [2.45, 2.75) is 38.1 Å². The summed E-state index contributed by atoms with van der Waals surface area (Å²) < 4.78 is 0.981. The smallest absolute Gasteiger partial charge is 0.220 e. The third-order valence-corrected chi connectivity index (χ3v) is 4.63. The van der Waals surface area contributed by atoms with E-state index in [0.29, 0.717) is 6.42 Å². The molecule has 3 heterocycles. The summed E-state index contributed by atoms with van der Waals surface area (Å²) in [6.07, 6.45) is 3.70. The van der Waals surface area contributed by atoms with Gasteiger partial charge in [0.25, 0.3) is 0 Å². The quantitative estimate of drug-likeness (QED) is 0.602. The van der Waals surface area contributed by atoms with Crippen LogP contribution in [0, 0.1) is 10.6 Å². The highest BCUT2D eigenvalue weighted by Gasteiger charge is 2.40. The van der Waals surface area contributed by atoms with E-state index in [1.54, 1.807) is 0 Å². The number of hydrogen-bond acceptors (Lipinski definition) is 4. The minimum atomic E-state index is 0.0583. The Balaban J connectivity index is 1.71. The number of nitrogens with one attached hydrogen (secondary N) is 1. The Labute approximate surface area is 126 Å². The van der Waals surface area contributed by atoms with E-state index in [1.807, 2.05) is 13.0 Å². The number of amides is 1. The topological polar surface area (TPSA) is 58.1 Å². The fourth-order valence-electron chi connectivity index (χ4n) is 2.99. The molecule has 102 valence electrons. The van der Waals surface area contributed by atoms with Crippen LogP contribution in [0.1, 0.15) is 31.5 Å². The van der Waals surface area contributed by atoms with Crippen molar-refractivity contribution < 1.29 is 4.79 Å². The fourth-order valence-corrected chi connectivity index (χ4v) is 3.62. The van der Waals surface area contributed by atoms with E-state index in [0.717, 1.165) is 47.7 Å². The number of aromatic nitrogens is 2. The first kappa shape index (κ1) is 13.1. The fraction of sp³-hybridized carbons (Fsp3) is 0.615. The number of carbonyl (C=O) groups excluding carboxylic acids is 1. The maximum Gasteiger partial charge on any atom is 0.220 e. The summed E-state index contributed by atoms with van der Waals surface area (Å²) in [7, 11) is 0. The Morgan fingerprint density at radius 1 is 1.32 bits per heavy atom. The van der Waals surface area contributed by atoms with Crippen LogP contribution in [0.5, 0.6) is 0 Å². The molecule has 2 fully saturated rings. The summed E-state index contributed by atoms with van der Waals surface area (Å²) in [5, 5.41) is 3.16. The second kappa shape index (κ2) is 4.88. The van der Waals surface area contributed by atoms with Crippen LogP contribution in [0.25, 0.3) is 0 Å². The molecule has 1 amide bonds. The normalized spacial score (nSPS) is 21.8. The highest BCUT2D eigenvalue weighted by molar-refractivity contribution is 14.1. The molecule has 1 spiro atoms. The third kappa shape index (κ3) is 2.68. The number of aryl methyl sites for hydroxylation is 1. The summed E-state index contributed by atoms with van der Waals surface area (Å²) in [5.41, 5.74) is 0.0583. The number of halogens is 1. The zero-order valence-electron chi connectivity index (χ0n) is 10.9. The predicted molar refractivity (Wildman–Crippen MR) is 81.0 cm³/mol. The molecule has 3 rings (SSSR count). The van der Waals surface area contributed by atoms with Crippen molar-refractivity contribution in [3.63, 3.8) is 0 Å². The first-order valence-corrected chi connectivity index (χ1v) is 7.71. The highest BCUT2D eigenvalue weighted by atomic mass is 127. The van der Waals surface area contributed by atoms with Crippen molar-refractivity contribution in [3.8, 4) is 0 Å². The average Bonchev–Trinajstić information content (AvgIpc) is 2.70. The van der Waals surface area contributed by atoms with Crippen LogP contribution in [0.4, 0.5) is 5.82 Å². The van der Waals surface area contributed by atoms with Gasteiger partial charge in [-0.15, -0.1) is 0 Å². The Morgan fingerprint density at radius 3 is 2.63 bits per heavy atom. The van der Waals surface area contributed by atoms with Gasteiger partial charge in [-0.2, -0.15) is 0 Å². The van der Waals surface area contributed by atoms with Gasteiger partial charge in [0.05, 0.1) is 0 Å². The molecular weight excluding hydrogens is 355 g/mol. The Morgan fingerprint density at radius 2 is 2.05 bits per heavy atom. The minimum absolute atomic E-state index is 0.0583. The molecule has 0 atom stereocenters. The second-order valence-electron chi connectivity index (χ2n) is 5.41. The average molecular weight is 372 g/mol. The van der Waals surface area contributed by atoms with Crippen LogP contribution >= 0.6 is 22.6 Å². The van der Waals surface area contributed by atoms with Crippen molar-refractivity contribution in [3.05, 3.63) is 15.6 Å². The van der Waals surface area contributed by atoms with Gasteiger partial charge in [0.15, 0.2) is 0 Å². The molecular formula is C13H17IN4O. The van der Waals surface area contributed by atoms with Gasteiger partial charge < -0.3 is 10.2 Å². The SMILES string of the molecule is Cc1nc(I)cc(N2CCC3(CCC(=O)N3)CC2)n1. The van der Waals surface area contributed by atoms with E-state index in [9.17, 15) is 4.79 Å². The molecule has 2 saturated heterocycles. The van der Waals surface area contributed by atoms with E-state index >= 15 is 0 Å². The van der Waals surface area contributed by atoms with E-state index in [4.69, 9.17) is 0 Å².